The molecule has 1 fully saturated rings. The van der Waals surface area contributed by atoms with Gasteiger partial charge in [-0.05, 0) is 53.2 Å². The third-order valence-corrected chi connectivity index (χ3v) is 4.16. The van der Waals surface area contributed by atoms with Gasteiger partial charge in [-0.3, -0.25) is 4.98 Å². The summed E-state index contributed by atoms with van der Waals surface area (Å²) in [5.74, 6) is 0. The number of hydrogen-bond donors (Lipinski definition) is 1. The molecule has 0 bridgehead atoms. The van der Waals surface area contributed by atoms with Gasteiger partial charge in [-0.25, -0.2) is 0 Å². The third-order valence-electron chi connectivity index (χ3n) is 4.16. The van der Waals surface area contributed by atoms with Crippen molar-refractivity contribution in [1.82, 2.24) is 4.98 Å². The van der Waals surface area contributed by atoms with E-state index in [4.69, 9.17) is 9.31 Å². The van der Waals surface area contributed by atoms with Gasteiger partial charge in [0, 0.05) is 17.4 Å². The van der Waals surface area contributed by atoms with Crippen LogP contribution in [0.5, 0.6) is 0 Å². The number of rotatable bonds is 2. The normalized spacial score (nSPS) is 22.6. The van der Waals surface area contributed by atoms with Gasteiger partial charge in [-0.15, -0.1) is 0 Å². The van der Waals surface area contributed by atoms with Gasteiger partial charge in [-0.2, -0.15) is 0 Å². The third kappa shape index (κ3) is 2.42. The van der Waals surface area contributed by atoms with Crippen LogP contribution in [0.3, 0.4) is 0 Å². The first-order chi connectivity index (χ1) is 8.66. The molecule has 5 heteroatoms. The molecule has 0 radical (unpaired) electrons. The van der Waals surface area contributed by atoms with Crippen LogP contribution in [0.4, 0.5) is 0 Å². The number of aliphatic hydroxyl groups is 1. The van der Waals surface area contributed by atoms with Gasteiger partial charge in [0.1, 0.15) is 0 Å². The summed E-state index contributed by atoms with van der Waals surface area (Å²) in [6, 6.07) is 1.82. The van der Waals surface area contributed by atoms with Gasteiger partial charge < -0.3 is 14.4 Å². The Morgan fingerprint density at radius 1 is 1.21 bits per heavy atom. The molecule has 0 saturated carbocycles. The van der Waals surface area contributed by atoms with Crippen LogP contribution in [0, 0.1) is 6.92 Å². The second-order valence-electron chi connectivity index (χ2n) is 6.16. The van der Waals surface area contributed by atoms with Crippen LogP contribution in [-0.4, -0.2) is 28.4 Å². The minimum absolute atomic E-state index is 0.393. The number of aromatic nitrogens is 1. The molecule has 0 aromatic carbocycles. The zero-order valence-electron chi connectivity index (χ0n) is 12.5. The molecule has 19 heavy (non-hydrogen) atoms. The zero-order valence-corrected chi connectivity index (χ0v) is 12.5. The minimum atomic E-state index is -0.573. The molecule has 1 atom stereocenters. The Hall–Kier alpha value is -0.905. The highest BCUT2D eigenvalue weighted by Gasteiger charge is 2.52. The lowest BCUT2D eigenvalue weighted by molar-refractivity contribution is 0.00578. The monoisotopic (exact) mass is 263 g/mol. The van der Waals surface area contributed by atoms with Crippen molar-refractivity contribution in [3.63, 3.8) is 0 Å². The van der Waals surface area contributed by atoms with Crippen LogP contribution in [0.25, 0.3) is 0 Å². The first-order valence-electron chi connectivity index (χ1n) is 6.65. The van der Waals surface area contributed by atoms with Crippen LogP contribution in [0.2, 0.25) is 0 Å². The maximum Gasteiger partial charge on any atom is 0.497 e. The van der Waals surface area contributed by atoms with Gasteiger partial charge in [0.2, 0.25) is 0 Å². The molecule has 1 aliphatic heterocycles. The zero-order chi connectivity index (χ0) is 14.4. The summed E-state index contributed by atoms with van der Waals surface area (Å²) in [5, 5.41) is 9.91. The van der Waals surface area contributed by atoms with Crippen LogP contribution in [-0.2, 0) is 9.31 Å². The van der Waals surface area contributed by atoms with E-state index in [0.717, 1.165) is 16.7 Å². The molecule has 1 aliphatic rings. The lowest BCUT2D eigenvalue weighted by Gasteiger charge is -2.32. The Kier molecular flexibility index (Phi) is 3.50. The summed E-state index contributed by atoms with van der Waals surface area (Å²) in [6.45, 7) is 11.7. The highest BCUT2D eigenvalue weighted by molar-refractivity contribution is 6.63. The van der Waals surface area contributed by atoms with E-state index in [9.17, 15) is 5.11 Å². The predicted octanol–water partition coefficient (Wildman–Crippen LogP) is 1.74. The average Bonchev–Trinajstić information content (AvgIpc) is 2.47. The molecule has 104 valence electrons. The molecule has 1 saturated heterocycles. The number of aryl methyl sites for hydroxylation is 1. The molecule has 0 amide bonds. The lowest BCUT2D eigenvalue weighted by atomic mass is 9.74. The van der Waals surface area contributed by atoms with Crippen molar-refractivity contribution in [3.05, 3.63) is 23.5 Å². The van der Waals surface area contributed by atoms with Gasteiger partial charge in [0.15, 0.2) is 0 Å². The van der Waals surface area contributed by atoms with Crippen LogP contribution < -0.4 is 5.46 Å². The number of aliphatic hydroxyl groups excluding tert-OH is 1. The SMILES string of the molecule is Cc1nccc(C(C)O)c1B1OC(C)(C)C(C)(C)O1. The molecule has 0 aliphatic carbocycles. The molecule has 1 unspecified atom stereocenters. The number of pyridine rings is 1. The fourth-order valence-electron chi connectivity index (χ4n) is 2.23. The van der Waals surface area contributed by atoms with Crippen molar-refractivity contribution in [2.45, 2.75) is 58.8 Å². The van der Waals surface area contributed by atoms with E-state index in [2.05, 4.69) is 4.98 Å². The van der Waals surface area contributed by atoms with Crippen molar-refractivity contribution >= 4 is 12.6 Å². The van der Waals surface area contributed by atoms with E-state index >= 15 is 0 Å². The van der Waals surface area contributed by atoms with Crippen molar-refractivity contribution < 1.29 is 14.4 Å². The molecule has 0 spiro atoms. The van der Waals surface area contributed by atoms with Gasteiger partial charge in [-0.1, -0.05) is 0 Å². The minimum Gasteiger partial charge on any atom is -0.399 e. The van der Waals surface area contributed by atoms with E-state index in [1.165, 1.54) is 0 Å². The Labute approximate surface area is 115 Å². The van der Waals surface area contributed by atoms with Crippen molar-refractivity contribution in [2.24, 2.45) is 0 Å². The predicted molar refractivity (Wildman–Crippen MR) is 75.3 cm³/mol. The molecular formula is C14H22BNO3. The Morgan fingerprint density at radius 3 is 2.21 bits per heavy atom. The van der Waals surface area contributed by atoms with Crippen LogP contribution in [0.15, 0.2) is 12.3 Å². The molecule has 1 aromatic rings. The summed E-state index contributed by atoms with van der Waals surface area (Å²) in [5.41, 5.74) is 1.70. The summed E-state index contributed by atoms with van der Waals surface area (Å²) in [4.78, 5) is 4.29. The van der Waals surface area contributed by atoms with Crippen molar-refractivity contribution in [1.29, 1.82) is 0 Å². The quantitative estimate of drug-likeness (QED) is 0.826. The first-order valence-corrected chi connectivity index (χ1v) is 6.65. The maximum atomic E-state index is 9.91. The summed E-state index contributed by atoms with van der Waals surface area (Å²) >= 11 is 0. The van der Waals surface area contributed by atoms with Gasteiger partial charge >= 0.3 is 7.12 Å². The van der Waals surface area contributed by atoms with Crippen molar-refractivity contribution in [2.75, 3.05) is 0 Å². The fraction of sp³-hybridized carbons (Fsp3) is 0.643. The Morgan fingerprint density at radius 2 is 1.74 bits per heavy atom. The van der Waals surface area contributed by atoms with E-state index in [1.54, 1.807) is 13.1 Å². The first kappa shape index (κ1) is 14.5. The highest BCUT2D eigenvalue weighted by Crippen LogP contribution is 2.37. The van der Waals surface area contributed by atoms with Crippen molar-refractivity contribution in [3.8, 4) is 0 Å². The number of hydrogen-bond acceptors (Lipinski definition) is 4. The summed E-state index contributed by atoms with van der Waals surface area (Å²) < 4.78 is 12.1. The van der Waals surface area contributed by atoms with E-state index in [0.29, 0.717) is 0 Å². The Balaban J connectivity index is 2.45. The van der Waals surface area contributed by atoms with Crippen LogP contribution >= 0.6 is 0 Å². The largest absolute Gasteiger partial charge is 0.497 e. The summed E-state index contributed by atoms with van der Waals surface area (Å²) in [6.07, 6.45) is 1.13. The van der Waals surface area contributed by atoms with Gasteiger partial charge in [0.25, 0.3) is 0 Å². The topological polar surface area (TPSA) is 51.6 Å². The molecular weight excluding hydrogens is 241 g/mol. The maximum absolute atomic E-state index is 9.91. The number of nitrogens with zero attached hydrogens (tertiary/aromatic N) is 1. The fourth-order valence-corrected chi connectivity index (χ4v) is 2.23. The molecule has 1 aromatic heterocycles. The molecule has 2 rings (SSSR count). The lowest BCUT2D eigenvalue weighted by Crippen LogP contribution is -2.41. The second kappa shape index (κ2) is 4.58. The van der Waals surface area contributed by atoms with E-state index < -0.39 is 24.4 Å². The standard InChI is InChI=1S/C14H22BNO3/c1-9-12(11(10(2)17)7-8-16-9)15-18-13(3,4)14(5,6)19-15/h7-8,10,17H,1-6H3. The van der Waals surface area contributed by atoms with E-state index in [1.807, 2.05) is 40.7 Å². The molecule has 1 N–H and O–H groups in total. The smallest absolute Gasteiger partial charge is 0.399 e. The second-order valence-corrected chi connectivity index (χ2v) is 6.16. The Bertz CT molecular complexity index is 470. The van der Waals surface area contributed by atoms with Gasteiger partial charge in [0.05, 0.1) is 17.3 Å². The van der Waals surface area contributed by atoms with E-state index in [-0.39, 0.29) is 0 Å². The highest BCUT2D eigenvalue weighted by atomic mass is 16.7. The molecule has 2 heterocycles. The summed E-state index contributed by atoms with van der Waals surface area (Å²) in [7, 11) is -0.483. The molecule has 4 nitrogen and oxygen atoms in total. The van der Waals surface area contributed by atoms with Crippen LogP contribution in [0.1, 0.15) is 52.0 Å². The average molecular weight is 263 g/mol.